The summed E-state index contributed by atoms with van der Waals surface area (Å²) in [6.45, 7) is 1.68. The van der Waals surface area contributed by atoms with Crippen molar-refractivity contribution < 1.29 is 38.5 Å². The van der Waals surface area contributed by atoms with E-state index in [1.165, 1.54) is 12.1 Å². The molecule has 11 heteroatoms. The zero-order valence-electron chi connectivity index (χ0n) is 16.2. The van der Waals surface area contributed by atoms with E-state index in [1.54, 1.807) is 31.2 Å². The molecule has 0 saturated carbocycles. The van der Waals surface area contributed by atoms with Crippen LogP contribution in [0.25, 0.3) is 6.08 Å². The van der Waals surface area contributed by atoms with Gasteiger partial charge in [0.1, 0.15) is 23.2 Å². The summed E-state index contributed by atoms with van der Waals surface area (Å²) < 4.78 is 16.7. The highest BCUT2D eigenvalue weighted by molar-refractivity contribution is 8.26. The normalized spacial score (nSPS) is 14.9. The number of aliphatic carboxylic acids is 1. The lowest BCUT2D eigenvalue weighted by molar-refractivity contribution is -0.140. The standard InChI is InChI=1S/C20H17NO8S2/c1-2-27-15-7-11(8-16-18(24)21(9-17(22)23)20(30)31-16)3-5-13(15)28-10-12-4-6-14(29-12)19(25)26/h3-8H,2,9-10H2,1H3,(H,22,23)(H,25,26). The van der Waals surface area contributed by atoms with Crippen LogP contribution < -0.4 is 9.47 Å². The van der Waals surface area contributed by atoms with Crippen molar-refractivity contribution >= 4 is 52.2 Å². The highest BCUT2D eigenvalue weighted by Crippen LogP contribution is 2.35. The average Bonchev–Trinajstić information content (AvgIpc) is 3.28. The van der Waals surface area contributed by atoms with E-state index in [1.807, 2.05) is 0 Å². The largest absolute Gasteiger partial charge is 0.490 e. The van der Waals surface area contributed by atoms with E-state index in [2.05, 4.69) is 0 Å². The molecule has 2 aromatic rings. The van der Waals surface area contributed by atoms with Crippen LogP contribution in [0.4, 0.5) is 0 Å². The summed E-state index contributed by atoms with van der Waals surface area (Å²) in [7, 11) is 0. The minimum absolute atomic E-state index is 0.000542. The maximum atomic E-state index is 12.4. The number of nitrogens with zero attached hydrogens (tertiary/aromatic N) is 1. The Morgan fingerprint density at radius 3 is 2.61 bits per heavy atom. The molecule has 1 aromatic heterocycles. The molecular formula is C20H17NO8S2. The molecular weight excluding hydrogens is 446 g/mol. The van der Waals surface area contributed by atoms with Crippen LogP contribution in [0.15, 0.2) is 39.7 Å². The zero-order valence-corrected chi connectivity index (χ0v) is 17.8. The van der Waals surface area contributed by atoms with E-state index in [4.69, 9.17) is 36.3 Å². The summed E-state index contributed by atoms with van der Waals surface area (Å²) in [6.07, 6.45) is 1.60. The lowest BCUT2D eigenvalue weighted by atomic mass is 10.2. The molecule has 9 nitrogen and oxygen atoms in total. The van der Waals surface area contributed by atoms with Crippen LogP contribution in [0.1, 0.15) is 28.8 Å². The van der Waals surface area contributed by atoms with E-state index in [9.17, 15) is 14.4 Å². The number of carboxylic acid groups (broad SMARTS) is 2. The van der Waals surface area contributed by atoms with Gasteiger partial charge >= 0.3 is 11.9 Å². The number of carbonyl (C=O) groups excluding carboxylic acids is 1. The van der Waals surface area contributed by atoms with Gasteiger partial charge in [-0.2, -0.15) is 0 Å². The van der Waals surface area contributed by atoms with Gasteiger partial charge in [-0.1, -0.05) is 30.0 Å². The number of benzene rings is 1. The van der Waals surface area contributed by atoms with E-state index < -0.39 is 24.4 Å². The van der Waals surface area contributed by atoms with Crippen molar-refractivity contribution in [2.24, 2.45) is 0 Å². The summed E-state index contributed by atoms with van der Waals surface area (Å²) in [6, 6.07) is 7.88. The van der Waals surface area contributed by atoms with Crippen LogP contribution in [0.5, 0.6) is 11.5 Å². The van der Waals surface area contributed by atoms with Gasteiger partial charge in [-0.05, 0) is 42.8 Å². The molecule has 3 rings (SSSR count). The third kappa shape index (κ3) is 5.44. The Kier molecular flexibility index (Phi) is 6.98. The summed E-state index contributed by atoms with van der Waals surface area (Å²) in [5.41, 5.74) is 0.637. The van der Waals surface area contributed by atoms with Gasteiger partial charge in [0.05, 0.1) is 11.5 Å². The van der Waals surface area contributed by atoms with Crippen molar-refractivity contribution in [2.45, 2.75) is 13.5 Å². The first kappa shape index (κ1) is 22.4. The lowest BCUT2D eigenvalue weighted by Gasteiger charge is -2.12. The quantitative estimate of drug-likeness (QED) is 0.423. The molecule has 2 heterocycles. The van der Waals surface area contributed by atoms with Crippen LogP contribution in [0, 0.1) is 0 Å². The molecule has 0 aliphatic carbocycles. The minimum atomic E-state index is -1.17. The highest BCUT2D eigenvalue weighted by Gasteiger charge is 2.33. The first-order valence-electron chi connectivity index (χ1n) is 8.97. The molecule has 0 atom stereocenters. The number of ether oxygens (including phenoxy) is 2. The van der Waals surface area contributed by atoms with Crippen molar-refractivity contribution in [3.63, 3.8) is 0 Å². The third-order valence-electron chi connectivity index (χ3n) is 3.97. The SMILES string of the molecule is CCOc1cc(C=C2SC(=S)N(CC(=O)O)C2=O)ccc1OCc1ccc(C(=O)O)o1. The minimum Gasteiger partial charge on any atom is -0.490 e. The number of carboxylic acids is 2. The predicted molar refractivity (Wildman–Crippen MR) is 115 cm³/mol. The Morgan fingerprint density at radius 2 is 1.97 bits per heavy atom. The second kappa shape index (κ2) is 9.67. The summed E-state index contributed by atoms with van der Waals surface area (Å²) in [5, 5.41) is 17.8. The van der Waals surface area contributed by atoms with Crippen LogP contribution in [0.3, 0.4) is 0 Å². The monoisotopic (exact) mass is 463 g/mol. The van der Waals surface area contributed by atoms with Crippen molar-refractivity contribution in [1.29, 1.82) is 0 Å². The van der Waals surface area contributed by atoms with Crippen molar-refractivity contribution in [2.75, 3.05) is 13.2 Å². The number of aromatic carboxylic acids is 1. The van der Waals surface area contributed by atoms with Crippen LogP contribution in [0.2, 0.25) is 0 Å². The first-order valence-corrected chi connectivity index (χ1v) is 10.2. The number of furan rings is 1. The fourth-order valence-electron chi connectivity index (χ4n) is 2.64. The summed E-state index contributed by atoms with van der Waals surface area (Å²) in [4.78, 5) is 35.6. The second-order valence-electron chi connectivity index (χ2n) is 6.16. The molecule has 162 valence electrons. The molecule has 0 spiro atoms. The third-order valence-corrected chi connectivity index (χ3v) is 5.35. The number of hydrogen-bond donors (Lipinski definition) is 2. The van der Waals surface area contributed by atoms with Crippen LogP contribution >= 0.6 is 24.0 Å². The molecule has 1 aliphatic rings. The number of rotatable bonds is 9. The van der Waals surface area contributed by atoms with Crippen LogP contribution in [-0.4, -0.2) is 50.4 Å². The Balaban J connectivity index is 1.77. The van der Waals surface area contributed by atoms with Crippen LogP contribution in [-0.2, 0) is 16.2 Å². The molecule has 31 heavy (non-hydrogen) atoms. The molecule has 0 bridgehead atoms. The van der Waals surface area contributed by atoms with Crippen molar-refractivity contribution in [3.8, 4) is 11.5 Å². The molecule has 2 N–H and O–H groups in total. The zero-order chi connectivity index (χ0) is 22.5. The Morgan fingerprint density at radius 1 is 1.19 bits per heavy atom. The van der Waals surface area contributed by atoms with Crippen molar-refractivity contribution in [3.05, 3.63) is 52.3 Å². The van der Waals surface area contributed by atoms with Gasteiger partial charge in [0.25, 0.3) is 5.91 Å². The Bertz CT molecular complexity index is 1070. The maximum Gasteiger partial charge on any atom is 0.371 e. The van der Waals surface area contributed by atoms with E-state index in [-0.39, 0.29) is 16.7 Å². The van der Waals surface area contributed by atoms with Gasteiger partial charge in [0, 0.05) is 0 Å². The van der Waals surface area contributed by atoms with E-state index >= 15 is 0 Å². The van der Waals surface area contributed by atoms with Gasteiger partial charge in [-0.3, -0.25) is 14.5 Å². The van der Waals surface area contributed by atoms with E-state index in [0.29, 0.717) is 34.3 Å². The average molecular weight is 463 g/mol. The summed E-state index contributed by atoms with van der Waals surface area (Å²) >= 11 is 6.12. The second-order valence-corrected chi connectivity index (χ2v) is 7.84. The molecule has 1 aromatic carbocycles. The fourth-order valence-corrected chi connectivity index (χ4v) is 3.90. The van der Waals surface area contributed by atoms with Gasteiger partial charge in [-0.15, -0.1) is 0 Å². The Labute approximate surface area is 186 Å². The lowest BCUT2D eigenvalue weighted by Crippen LogP contribution is -2.33. The molecule has 1 saturated heterocycles. The number of hydrogen-bond acceptors (Lipinski definition) is 8. The van der Waals surface area contributed by atoms with E-state index in [0.717, 1.165) is 16.7 Å². The van der Waals surface area contributed by atoms with Crippen molar-refractivity contribution in [1.82, 2.24) is 4.90 Å². The number of thioether (sulfide) groups is 1. The predicted octanol–water partition coefficient (Wildman–Crippen LogP) is 3.24. The number of amides is 1. The Hall–Kier alpha value is -3.31. The molecule has 1 aliphatic heterocycles. The smallest absolute Gasteiger partial charge is 0.371 e. The molecule has 1 amide bonds. The highest BCUT2D eigenvalue weighted by atomic mass is 32.2. The molecule has 0 radical (unpaired) electrons. The maximum absolute atomic E-state index is 12.4. The van der Waals surface area contributed by atoms with Gasteiger partial charge in [-0.25, -0.2) is 4.79 Å². The first-order chi connectivity index (χ1) is 14.8. The number of thiocarbonyl (C=S) groups is 1. The van der Waals surface area contributed by atoms with Gasteiger partial charge < -0.3 is 24.1 Å². The topological polar surface area (TPSA) is 127 Å². The molecule has 1 fully saturated rings. The van der Waals surface area contributed by atoms with Gasteiger partial charge in [0.2, 0.25) is 5.76 Å². The molecule has 0 unspecified atom stereocenters. The summed E-state index contributed by atoms with van der Waals surface area (Å²) in [5.74, 6) is -1.80. The van der Waals surface area contributed by atoms with Gasteiger partial charge in [0.15, 0.2) is 11.5 Å². The number of carbonyl (C=O) groups is 3. The fraction of sp³-hybridized carbons (Fsp3) is 0.200.